The molecule has 1 spiro atoms. The minimum atomic E-state index is -0.583. The van der Waals surface area contributed by atoms with Crippen molar-refractivity contribution in [2.75, 3.05) is 4.90 Å². The highest BCUT2D eigenvalue weighted by atomic mass is 16.3. The molecule has 64 heavy (non-hydrogen) atoms. The molecule has 1 atom stereocenters. The Morgan fingerprint density at radius 3 is 1.66 bits per heavy atom. The molecule has 14 rings (SSSR count). The molecule has 0 bridgehead atoms. The normalized spacial score (nSPS) is 15.8. The number of nitrogens with zero attached hydrogens (tertiary/aromatic N) is 1. The second-order valence-corrected chi connectivity index (χ2v) is 18.3. The van der Waals surface area contributed by atoms with Crippen LogP contribution in [0, 0.1) is 0 Å². The Morgan fingerprint density at radius 2 is 0.844 bits per heavy atom. The summed E-state index contributed by atoms with van der Waals surface area (Å²) in [5.41, 5.74) is 22.4. The molecule has 0 radical (unpaired) electrons. The lowest BCUT2D eigenvalue weighted by Gasteiger charge is -2.36. The molecule has 10 aromatic carbocycles. The molecule has 0 N–H and O–H groups in total. The monoisotopic (exact) mass is 815 g/mol. The van der Waals surface area contributed by atoms with E-state index >= 15 is 0 Å². The van der Waals surface area contributed by atoms with Crippen LogP contribution in [-0.2, 0) is 10.8 Å². The van der Waals surface area contributed by atoms with Gasteiger partial charge in [0.25, 0.3) is 0 Å². The summed E-state index contributed by atoms with van der Waals surface area (Å²) >= 11 is 0. The van der Waals surface area contributed by atoms with Gasteiger partial charge in [-0.1, -0.05) is 178 Å². The molecule has 1 aromatic heterocycles. The first-order valence-electron chi connectivity index (χ1n) is 22.4. The molecular formula is C62H41NO. The molecule has 3 aliphatic rings. The summed E-state index contributed by atoms with van der Waals surface area (Å²) in [6.07, 6.45) is 0. The number of fused-ring (bicyclic) bond motifs is 20. The van der Waals surface area contributed by atoms with Crippen molar-refractivity contribution in [3.05, 3.63) is 246 Å². The molecule has 1 heterocycles. The summed E-state index contributed by atoms with van der Waals surface area (Å²) in [7, 11) is 0. The lowest BCUT2D eigenvalue weighted by atomic mass is 9.65. The van der Waals surface area contributed by atoms with Crippen molar-refractivity contribution in [1.82, 2.24) is 0 Å². The number of para-hydroxylation sites is 1. The van der Waals surface area contributed by atoms with Crippen LogP contribution >= 0.6 is 0 Å². The SMILES string of the molecule is CC1(C)c2ccccc2-c2ccc(N(c3ccc4c(c3)-c3ccccc3-c3ccccc3C43c4ccccc4-c4c3ccc3ccccc43)c3ccc4c(c3)oc3ccccc34)cc21. The van der Waals surface area contributed by atoms with Crippen LogP contribution in [0.3, 0.4) is 0 Å². The highest BCUT2D eigenvalue weighted by Gasteiger charge is 2.50. The molecule has 0 aliphatic heterocycles. The van der Waals surface area contributed by atoms with Crippen LogP contribution in [0.2, 0.25) is 0 Å². The van der Waals surface area contributed by atoms with Gasteiger partial charge >= 0.3 is 0 Å². The third-order valence-corrected chi connectivity index (χ3v) is 14.9. The number of hydrogen-bond acceptors (Lipinski definition) is 2. The topological polar surface area (TPSA) is 16.4 Å². The Morgan fingerprint density at radius 1 is 0.328 bits per heavy atom. The van der Waals surface area contributed by atoms with Gasteiger partial charge in [-0.3, -0.25) is 0 Å². The minimum Gasteiger partial charge on any atom is -0.456 e. The van der Waals surface area contributed by atoms with E-state index in [1.54, 1.807) is 0 Å². The predicted molar refractivity (Wildman–Crippen MR) is 265 cm³/mol. The molecule has 0 amide bonds. The lowest BCUT2D eigenvalue weighted by Crippen LogP contribution is -2.29. The fourth-order valence-corrected chi connectivity index (χ4v) is 12.1. The second-order valence-electron chi connectivity index (χ2n) is 18.3. The van der Waals surface area contributed by atoms with Gasteiger partial charge in [0.15, 0.2) is 0 Å². The third kappa shape index (κ3) is 4.59. The van der Waals surface area contributed by atoms with Crippen molar-refractivity contribution in [2.45, 2.75) is 24.7 Å². The molecule has 0 fully saturated rings. The Balaban J connectivity index is 1.07. The molecule has 300 valence electrons. The van der Waals surface area contributed by atoms with Crippen molar-refractivity contribution >= 4 is 49.8 Å². The molecule has 3 aliphatic carbocycles. The minimum absolute atomic E-state index is 0.158. The predicted octanol–water partition coefficient (Wildman–Crippen LogP) is 16.5. The van der Waals surface area contributed by atoms with Gasteiger partial charge in [-0.05, 0) is 131 Å². The molecular weight excluding hydrogens is 775 g/mol. The zero-order valence-corrected chi connectivity index (χ0v) is 35.6. The van der Waals surface area contributed by atoms with Gasteiger partial charge in [-0.2, -0.15) is 0 Å². The molecule has 0 saturated heterocycles. The van der Waals surface area contributed by atoms with Crippen LogP contribution < -0.4 is 4.90 Å². The van der Waals surface area contributed by atoms with Crippen LogP contribution in [0.15, 0.2) is 217 Å². The Labute approximate surface area is 372 Å². The zero-order valence-electron chi connectivity index (χ0n) is 35.6. The fourth-order valence-electron chi connectivity index (χ4n) is 12.1. The van der Waals surface area contributed by atoms with Gasteiger partial charge in [0.1, 0.15) is 11.2 Å². The van der Waals surface area contributed by atoms with Crippen LogP contribution in [0.4, 0.5) is 17.1 Å². The first-order chi connectivity index (χ1) is 31.5. The maximum absolute atomic E-state index is 6.59. The van der Waals surface area contributed by atoms with Crippen LogP contribution in [0.5, 0.6) is 0 Å². The lowest BCUT2D eigenvalue weighted by molar-refractivity contribution is 0.660. The van der Waals surface area contributed by atoms with E-state index in [0.29, 0.717) is 0 Å². The Hall–Kier alpha value is -7.94. The van der Waals surface area contributed by atoms with Crippen LogP contribution in [-0.4, -0.2) is 0 Å². The largest absolute Gasteiger partial charge is 0.456 e. The summed E-state index contributed by atoms with van der Waals surface area (Å²) in [5, 5.41) is 4.79. The van der Waals surface area contributed by atoms with E-state index in [-0.39, 0.29) is 5.41 Å². The fraction of sp³-hybridized carbons (Fsp3) is 0.0645. The maximum atomic E-state index is 6.59. The van der Waals surface area contributed by atoms with Crippen LogP contribution in [0.25, 0.3) is 77.2 Å². The molecule has 1 unspecified atom stereocenters. The second kappa shape index (κ2) is 12.8. The van der Waals surface area contributed by atoms with E-state index in [1.807, 2.05) is 6.07 Å². The maximum Gasteiger partial charge on any atom is 0.137 e. The smallest absolute Gasteiger partial charge is 0.137 e. The van der Waals surface area contributed by atoms with E-state index in [2.05, 4.69) is 225 Å². The average Bonchev–Trinajstić information content (AvgIpc) is 3.92. The zero-order chi connectivity index (χ0) is 42.3. The summed E-state index contributed by atoms with van der Waals surface area (Å²) in [6.45, 7) is 4.73. The molecule has 11 aromatic rings. The van der Waals surface area contributed by atoms with Crippen molar-refractivity contribution in [3.63, 3.8) is 0 Å². The van der Waals surface area contributed by atoms with E-state index in [1.165, 1.54) is 88.7 Å². The van der Waals surface area contributed by atoms with Crippen molar-refractivity contribution in [1.29, 1.82) is 0 Å². The number of benzene rings is 10. The Kier molecular flexibility index (Phi) is 7.13. The average molecular weight is 816 g/mol. The number of rotatable bonds is 3. The summed E-state index contributed by atoms with van der Waals surface area (Å²) < 4.78 is 6.59. The summed E-state index contributed by atoms with van der Waals surface area (Å²) in [6, 6.07) is 79.3. The summed E-state index contributed by atoms with van der Waals surface area (Å²) in [5.74, 6) is 0. The standard InChI is InChI=1S/C62H41NO/c1-61(2)52-23-11-7-20-46(52)47-31-28-40(36-57(47)61)63(41-29-32-49-48-21-10-14-26-58(48)64-59(49)37-41)39-30-34-55-51(35-39)44-18-6-5-17-43(44)45-19-8-12-24-53(45)62(55)54-25-13-9-22-50(54)60-42-16-4-3-15-38(42)27-33-56(60)62/h3-37H,1-2H3. The first kappa shape index (κ1) is 35.6. The van der Waals surface area contributed by atoms with E-state index in [0.717, 1.165) is 39.0 Å². The van der Waals surface area contributed by atoms with Gasteiger partial charge in [0.2, 0.25) is 0 Å². The molecule has 0 saturated carbocycles. The van der Waals surface area contributed by atoms with Crippen molar-refractivity contribution in [2.24, 2.45) is 0 Å². The van der Waals surface area contributed by atoms with E-state index in [4.69, 9.17) is 4.42 Å². The van der Waals surface area contributed by atoms with Crippen molar-refractivity contribution < 1.29 is 4.42 Å². The number of hydrogen-bond donors (Lipinski definition) is 0. The van der Waals surface area contributed by atoms with Gasteiger partial charge in [0, 0.05) is 39.3 Å². The van der Waals surface area contributed by atoms with Gasteiger partial charge in [-0.25, -0.2) is 0 Å². The molecule has 2 heteroatoms. The van der Waals surface area contributed by atoms with Crippen molar-refractivity contribution in [3.8, 4) is 44.5 Å². The first-order valence-corrected chi connectivity index (χ1v) is 22.4. The number of furan rings is 1. The van der Waals surface area contributed by atoms with E-state index < -0.39 is 5.41 Å². The van der Waals surface area contributed by atoms with Crippen LogP contribution in [0.1, 0.15) is 47.2 Å². The highest BCUT2D eigenvalue weighted by molar-refractivity contribution is 6.08. The highest BCUT2D eigenvalue weighted by Crippen LogP contribution is 2.63. The van der Waals surface area contributed by atoms with Gasteiger partial charge in [0.05, 0.1) is 5.41 Å². The quantitative estimate of drug-likeness (QED) is 0.177. The van der Waals surface area contributed by atoms with Gasteiger partial charge in [-0.15, -0.1) is 0 Å². The van der Waals surface area contributed by atoms with Gasteiger partial charge < -0.3 is 9.32 Å². The molecule has 2 nitrogen and oxygen atoms in total. The summed E-state index contributed by atoms with van der Waals surface area (Å²) in [4.78, 5) is 2.45. The number of anilines is 3. The Bertz CT molecular complexity index is 3790. The van der Waals surface area contributed by atoms with E-state index in [9.17, 15) is 0 Å². The third-order valence-electron chi connectivity index (χ3n) is 14.9.